The minimum atomic E-state index is -1.04. The second kappa shape index (κ2) is 10.0. The van der Waals surface area contributed by atoms with Crippen LogP contribution in [0.4, 0.5) is 11.4 Å². The molecule has 0 aliphatic heterocycles. The summed E-state index contributed by atoms with van der Waals surface area (Å²) in [6.45, 7) is 1.05. The van der Waals surface area contributed by atoms with Crippen LogP contribution in [0, 0.1) is 0 Å². The molecular weight excluding hydrogens is 426 g/mol. The van der Waals surface area contributed by atoms with Crippen molar-refractivity contribution < 1.29 is 28.5 Å². The number of pyridine rings is 1. The largest absolute Gasteiger partial charge is 0.493 e. The van der Waals surface area contributed by atoms with Crippen molar-refractivity contribution in [2.45, 2.75) is 6.42 Å². The standard InChI is InChI=1S/C24H23N3O6/c1-30-9-5-10-32-21-13-19-16(12-20(21)31-2)22(17(14-26-19)23-25-8-11-33-23)27-18-7-4-3-6-15(18)24(28)29/h3-4,6-8,11-14H,5,9-10H2,1-2H3,(H,26,27)(H,28,29). The van der Waals surface area contributed by atoms with E-state index in [0.717, 1.165) is 6.42 Å². The van der Waals surface area contributed by atoms with E-state index in [1.54, 1.807) is 50.7 Å². The van der Waals surface area contributed by atoms with Crippen LogP contribution in [0.5, 0.6) is 11.5 Å². The van der Waals surface area contributed by atoms with Crippen LogP contribution in [0.2, 0.25) is 0 Å². The Bertz CT molecular complexity index is 1260. The number of carboxylic acids is 1. The number of oxazole rings is 1. The number of carbonyl (C=O) groups is 1. The molecule has 2 aromatic carbocycles. The second-order valence-electron chi connectivity index (χ2n) is 7.07. The molecule has 33 heavy (non-hydrogen) atoms. The molecule has 9 nitrogen and oxygen atoms in total. The number of hydrogen-bond donors (Lipinski definition) is 2. The first-order valence-corrected chi connectivity index (χ1v) is 10.2. The number of hydrogen-bond acceptors (Lipinski definition) is 8. The van der Waals surface area contributed by atoms with Gasteiger partial charge in [0.2, 0.25) is 5.89 Å². The number of nitrogens with one attached hydrogen (secondary N) is 1. The van der Waals surface area contributed by atoms with E-state index in [4.69, 9.17) is 18.6 Å². The predicted octanol–water partition coefficient (Wildman–Crippen LogP) is 4.76. The van der Waals surface area contributed by atoms with E-state index in [2.05, 4.69) is 15.3 Å². The number of aromatic nitrogens is 2. The number of para-hydroxylation sites is 1. The number of rotatable bonds is 10. The molecule has 2 N–H and O–H groups in total. The van der Waals surface area contributed by atoms with E-state index < -0.39 is 5.97 Å². The first-order valence-electron chi connectivity index (χ1n) is 10.2. The van der Waals surface area contributed by atoms with Gasteiger partial charge in [-0.25, -0.2) is 9.78 Å². The van der Waals surface area contributed by atoms with Gasteiger partial charge in [-0.2, -0.15) is 0 Å². The molecule has 4 aromatic rings. The Morgan fingerprint density at radius 2 is 1.97 bits per heavy atom. The van der Waals surface area contributed by atoms with Crippen molar-refractivity contribution in [2.75, 3.05) is 32.8 Å². The van der Waals surface area contributed by atoms with Crippen molar-refractivity contribution >= 4 is 28.2 Å². The zero-order chi connectivity index (χ0) is 23.2. The summed E-state index contributed by atoms with van der Waals surface area (Å²) in [5.41, 5.74) is 2.34. The SMILES string of the molecule is COCCCOc1cc2ncc(-c3ncco3)c(Nc3ccccc3C(=O)O)c2cc1OC. The summed E-state index contributed by atoms with van der Waals surface area (Å²) in [7, 11) is 3.20. The van der Waals surface area contributed by atoms with Crippen molar-refractivity contribution in [1.82, 2.24) is 9.97 Å². The maximum atomic E-state index is 11.8. The van der Waals surface area contributed by atoms with Crippen molar-refractivity contribution in [3.63, 3.8) is 0 Å². The normalized spacial score (nSPS) is 10.8. The van der Waals surface area contributed by atoms with Crippen molar-refractivity contribution in [3.05, 3.63) is 60.6 Å². The van der Waals surface area contributed by atoms with Crippen LogP contribution in [0.15, 0.2) is 59.5 Å². The number of aromatic carboxylic acids is 1. The molecule has 0 atom stereocenters. The van der Waals surface area contributed by atoms with Gasteiger partial charge in [0.15, 0.2) is 11.5 Å². The van der Waals surface area contributed by atoms with E-state index in [1.807, 2.05) is 0 Å². The van der Waals surface area contributed by atoms with Crippen LogP contribution in [0.1, 0.15) is 16.8 Å². The minimum absolute atomic E-state index is 0.130. The lowest BCUT2D eigenvalue weighted by atomic mass is 10.1. The molecule has 0 amide bonds. The molecule has 0 aliphatic rings. The van der Waals surface area contributed by atoms with Gasteiger partial charge >= 0.3 is 5.97 Å². The average Bonchev–Trinajstić information content (AvgIpc) is 3.36. The fourth-order valence-corrected chi connectivity index (χ4v) is 3.42. The lowest BCUT2D eigenvalue weighted by Gasteiger charge is -2.17. The molecule has 2 heterocycles. The molecular formula is C24H23N3O6. The van der Waals surface area contributed by atoms with E-state index in [9.17, 15) is 9.90 Å². The first-order chi connectivity index (χ1) is 16.1. The topological polar surface area (TPSA) is 116 Å². The van der Waals surface area contributed by atoms with Gasteiger partial charge in [0.25, 0.3) is 0 Å². The van der Waals surface area contributed by atoms with Gasteiger partial charge in [0.1, 0.15) is 6.26 Å². The van der Waals surface area contributed by atoms with Crippen molar-refractivity contribution in [2.24, 2.45) is 0 Å². The van der Waals surface area contributed by atoms with Crippen LogP contribution < -0.4 is 14.8 Å². The molecule has 0 saturated carbocycles. The molecule has 0 unspecified atom stereocenters. The Morgan fingerprint density at radius 1 is 1.12 bits per heavy atom. The summed E-state index contributed by atoms with van der Waals surface area (Å²) in [6, 6.07) is 10.2. The Hall–Kier alpha value is -4.11. The van der Waals surface area contributed by atoms with Gasteiger partial charge in [-0.3, -0.25) is 4.98 Å². The number of carboxylic acid groups (broad SMARTS) is 1. The quantitative estimate of drug-likeness (QED) is 0.331. The summed E-state index contributed by atoms with van der Waals surface area (Å²) in [5, 5.41) is 13.6. The zero-order valence-corrected chi connectivity index (χ0v) is 18.2. The number of fused-ring (bicyclic) bond motifs is 1. The molecule has 0 bridgehead atoms. The van der Waals surface area contributed by atoms with Gasteiger partial charge in [-0.05, 0) is 18.2 Å². The summed E-state index contributed by atoms with van der Waals surface area (Å²) in [5.74, 6) is 0.368. The Balaban J connectivity index is 1.85. The average molecular weight is 449 g/mol. The lowest BCUT2D eigenvalue weighted by Crippen LogP contribution is -2.05. The van der Waals surface area contributed by atoms with E-state index in [0.29, 0.717) is 58.4 Å². The molecule has 0 fully saturated rings. The highest BCUT2D eigenvalue weighted by Gasteiger charge is 2.19. The molecule has 2 aromatic heterocycles. The van der Waals surface area contributed by atoms with Crippen LogP contribution in [0.3, 0.4) is 0 Å². The zero-order valence-electron chi connectivity index (χ0n) is 18.2. The van der Waals surface area contributed by atoms with Gasteiger partial charge in [0, 0.05) is 37.8 Å². The number of ether oxygens (including phenoxy) is 3. The highest BCUT2D eigenvalue weighted by Crippen LogP contribution is 2.40. The number of nitrogens with zero attached hydrogens (tertiary/aromatic N) is 2. The fourth-order valence-electron chi connectivity index (χ4n) is 3.42. The number of anilines is 2. The van der Waals surface area contributed by atoms with Crippen LogP contribution in [-0.2, 0) is 4.74 Å². The number of benzene rings is 2. The van der Waals surface area contributed by atoms with Crippen LogP contribution >= 0.6 is 0 Å². The smallest absolute Gasteiger partial charge is 0.337 e. The van der Waals surface area contributed by atoms with E-state index in [1.165, 1.54) is 18.5 Å². The third-order valence-electron chi connectivity index (χ3n) is 4.98. The highest BCUT2D eigenvalue weighted by molar-refractivity contribution is 6.03. The first kappa shape index (κ1) is 22.1. The maximum Gasteiger partial charge on any atom is 0.337 e. The summed E-state index contributed by atoms with van der Waals surface area (Å²) < 4.78 is 22.0. The monoisotopic (exact) mass is 449 g/mol. The molecule has 4 rings (SSSR count). The van der Waals surface area contributed by atoms with Gasteiger partial charge < -0.3 is 29.1 Å². The summed E-state index contributed by atoms with van der Waals surface area (Å²) >= 11 is 0. The molecule has 0 saturated heterocycles. The fraction of sp³-hybridized carbons (Fsp3) is 0.208. The van der Waals surface area contributed by atoms with Crippen molar-refractivity contribution in [3.8, 4) is 23.0 Å². The third-order valence-corrected chi connectivity index (χ3v) is 4.98. The van der Waals surface area contributed by atoms with Gasteiger partial charge in [-0.1, -0.05) is 12.1 Å². The van der Waals surface area contributed by atoms with Gasteiger partial charge in [-0.15, -0.1) is 0 Å². The van der Waals surface area contributed by atoms with Gasteiger partial charge in [0.05, 0.1) is 47.9 Å². The van der Waals surface area contributed by atoms with Crippen LogP contribution in [-0.4, -0.2) is 48.5 Å². The molecule has 9 heteroatoms. The Morgan fingerprint density at radius 3 is 2.70 bits per heavy atom. The summed E-state index contributed by atoms with van der Waals surface area (Å²) in [6.07, 6.45) is 5.35. The van der Waals surface area contributed by atoms with Crippen LogP contribution in [0.25, 0.3) is 22.4 Å². The van der Waals surface area contributed by atoms with Crippen molar-refractivity contribution in [1.29, 1.82) is 0 Å². The molecule has 170 valence electrons. The number of methoxy groups -OCH3 is 2. The molecule has 0 spiro atoms. The van der Waals surface area contributed by atoms with E-state index in [-0.39, 0.29) is 5.56 Å². The Kier molecular flexibility index (Phi) is 6.70. The highest BCUT2D eigenvalue weighted by atomic mass is 16.5. The second-order valence-corrected chi connectivity index (χ2v) is 7.07. The van der Waals surface area contributed by atoms with E-state index >= 15 is 0 Å². The molecule has 0 radical (unpaired) electrons. The predicted molar refractivity (Wildman–Crippen MR) is 122 cm³/mol. The summed E-state index contributed by atoms with van der Waals surface area (Å²) in [4.78, 5) is 20.6. The third kappa shape index (κ3) is 4.73. The lowest BCUT2D eigenvalue weighted by molar-refractivity contribution is 0.0698. The Labute approximate surface area is 189 Å². The molecule has 0 aliphatic carbocycles. The minimum Gasteiger partial charge on any atom is -0.493 e. The maximum absolute atomic E-state index is 11.8.